The SMILES string of the molecule is CC(=O)SC1CC(=O)N(CCCOC(C)(C)C)C1. The Morgan fingerprint density at radius 3 is 2.72 bits per heavy atom. The molecule has 0 bridgehead atoms. The van der Waals surface area contributed by atoms with Crippen molar-refractivity contribution in [3.05, 3.63) is 0 Å². The minimum Gasteiger partial charge on any atom is -0.376 e. The molecule has 1 fully saturated rings. The predicted molar refractivity (Wildman–Crippen MR) is 73.6 cm³/mol. The maximum absolute atomic E-state index is 11.7. The third-order valence-electron chi connectivity index (χ3n) is 2.62. The topological polar surface area (TPSA) is 46.6 Å². The van der Waals surface area contributed by atoms with Crippen LogP contribution in [0.5, 0.6) is 0 Å². The summed E-state index contributed by atoms with van der Waals surface area (Å²) in [5.74, 6) is 0.157. The molecule has 104 valence electrons. The largest absolute Gasteiger partial charge is 0.376 e. The normalized spacial score (nSPS) is 20.6. The summed E-state index contributed by atoms with van der Waals surface area (Å²) >= 11 is 1.28. The third-order valence-corrected chi connectivity index (χ3v) is 3.60. The van der Waals surface area contributed by atoms with Gasteiger partial charge in [0.25, 0.3) is 0 Å². The molecule has 5 heteroatoms. The zero-order valence-corrected chi connectivity index (χ0v) is 12.5. The maximum Gasteiger partial charge on any atom is 0.223 e. The van der Waals surface area contributed by atoms with Crippen LogP contribution in [0.4, 0.5) is 0 Å². The summed E-state index contributed by atoms with van der Waals surface area (Å²) in [7, 11) is 0. The number of thioether (sulfide) groups is 1. The molecule has 0 radical (unpaired) electrons. The lowest BCUT2D eigenvalue weighted by molar-refractivity contribution is -0.127. The van der Waals surface area contributed by atoms with Gasteiger partial charge in [0.05, 0.1) is 5.60 Å². The Labute approximate surface area is 113 Å². The van der Waals surface area contributed by atoms with Crippen molar-refractivity contribution in [1.82, 2.24) is 4.90 Å². The van der Waals surface area contributed by atoms with E-state index in [-0.39, 0.29) is 21.9 Å². The van der Waals surface area contributed by atoms with Gasteiger partial charge in [-0.3, -0.25) is 9.59 Å². The molecule has 0 aliphatic carbocycles. The van der Waals surface area contributed by atoms with Crippen molar-refractivity contribution >= 4 is 22.8 Å². The van der Waals surface area contributed by atoms with Crippen molar-refractivity contribution in [1.29, 1.82) is 0 Å². The summed E-state index contributed by atoms with van der Waals surface area (Å²) in [6, 6.07) is 0. The first kappa shape index (κ1) is 15.5. The Balaban J connectivity index is 2.23. The lowest BCUT2D eigenvalue weighted by Gasteiger charge is -2.21. The summed E-state index contributed by atoms with van der Waals surface area (Å²) in [5, 5.41) is 0.226. The van der Waals surface area contributed by atoms with E-state index in [2.05, 4.69) is 0 Å². The first-order valence-electron chi connectivity index (χ1n) is 6.37. The quantitative estimate of drug-likeness (QED) is 0.719. The fourth-order valence-electron chi connectivity index (χ4n) is 1.90. The molecule has 1 rings (SSSR count). The molecular weight excluding hydrogens is 250 g/mol. The van der Waals surface area contributed by atoms with Crippen molar-refractivity contribution in [3.8, 4) is 0 Å². The van der Waals surface area contributed by atoms with Gasteiger partial charge in [0.2, 0.25) is 5.91 Å². The van der Waals surface area contributed by atoms with Crippen LogP contribution in [0.1, 0.15) is 40.5 Å². The van der Waals surface area contributed by atoms with Crippen LogP contribution in [0.15, 0.2) is 0 Å². The van der Waals surface area contributed by atoms with E-state index in [9.17, 15) is 9.59 Å². The van der Waals surface area contributed by atoms with Crippen molar-refractivity contribution in [2.24, 2.45) is 0 Å². The molecule has 0 aromatic rings. The van der Waals surface area contributed by atoms with Crippen LogP contribution in [0, 0.1) is 0 Å². The monoisotopic (exact) mass is 273 g/mol. The van der Waals surface area contributed by atoms with Crippen molar-refractivity contribution < 1.29 is 14.3 Å². The predicted octanol–water partition coefficient (Wildman–Crippen LogP) is 2.07. The average molecular weight is 273 g/mol. The Morgan fingerprint density at radius 1 is 1.50 bits per heavy atom. The minimum absolute atomic E-state index is 0.0886. The van der Waals surface area contributed by atoms with Crippen molar-refractivity contribution in [2.75, 3.05) is 19.7 Å². The van der Waals surface area contributed by atoms with Gasteiger partial charge in [-0.1, -0.05) is 11.8 Å². The molecule has 1 aliphatic rings. The number of carbonyl (C=O) groups is 2. The molecule has 1 saturated heterocycles. The lowest BCUT2D eigenvalue weighted by atomic mass is 10.2. The van der Waals surface area contributed by atoms with Gasteiger partial charge < -0.3 is 9.64 Å². The van der Waals surface area contributed by atoms with Gasteiger partial charge in [0.1, 0.15) is 0 Å². The average Bonchev–Trinajstić information content (AvgIpc) is 2.51. The number of ether oxygens (including phenoxy) is 1. The van der Waals surface area contributed by atoms with Crippen molar-refractivity contribution in [2.45, 2.75) is 51.4 Å². The zero-order valence-electron chi connectivity index (χ0n) is 11.7. The highest BCUT2D eigenvalue weighted by Gasteiger charge is 2.30. The Bertz CT molecular complexity index is 312. The second kappa shape index (κ2) is 6.57. The van der Waals surface area contributed by atoms with E-state index in [1.165, 1.54) is 11.8 Å². The highest BCUT2D eigenvalue weighted by atomic mass is 32.2. The van der Waals surface area contributed by atoms with E-state index in [1.807, 2.05) is 25.7 Å². The summed E-state index contributed by atoms with van der Waals surface area (Å²) in [4.78, 5) is 24.6. The lowest BCUT2D eigenvalue weighted by Crippen LogP contribution is -2.28. The van der Waals surface area contributed by atoms with Gasteiger partial charge in [-0.15, -0.1) is 0 Å². The van der Waals surface area contributed by atoms with E-state index in [0.717, 1.165) is 13.0 Å². The Kier molecular flexibility index (Phi) is 5.66. The zero-order chi connectivity index (χ0) is 13.8. The van der Waals surface area contributed by atoms with Crippen LogP contribution >= 0.6 is 11.8 Å². The number of rotatable bonds is 5. The molecule has 0 aromatic carbocycles. The third kappa shape index (κ3) is 5.87. The van der Waals surface area contributed by atoms with Gasteiger partial charge in [0, 0.05) is 38.3 Å². The number of carbonyl (C=O) groups excluding carboxylic acids is 2. The van der Waals surface area contributed by atoms with Crippen molar-refractivity contribution in [3.63, 3.8) is 0 Å². The van der Waals surface area contributed by atoms with E-state index in [4.69, 9.17) is 4.74 Å². The number of hydrogen-bond acceptors (Lipinski definition) is 4. The Hall–Kier alpha value is -0.550. The van der Waals surface area contributed by atoms with Gasteiger partial charge in [-0.25, -0.2) is 0 Å². The highest BCUT2D eigenvalue weighted by molar-refractivity contribution is 8.14. The fraction of sp³-hybridized carbons (Fsp3) is 0.846. The fourth-order valence-corrected chi connectivity index (χ4v) is 2.85. The van der Waals surface area contributed by atoms with Crippen LogP contribution in [-0.4, -0.2) is 46.5 Å². The maximum atomic E-state index is 11.7. The van der Waals surface area contributed by atoms with Gasteiger partial charge in [0.15, 0.2) is 5.12 Å². The molecule has 0 saturated carbocycles. The molecule has 18 heavy (non-hydrogen) atoms. The van der Waals surface area contributed by atoms with Crippen LogP contribution < -0.4 is 0 Å². The molecule has 1 aliphatic heterocycles. The molecule has 0 spiro atoms. The molecule has 1 atom stereocenters. The van der Waals surface area contributed by atoms with Crippen LogP contribution in [0.3, 0.4) is 0 Å². The van der Waals surface area contributed by atoms with Gasteiger partial charge in [-0.2, -0.15) is 0 Å². The van der Waals surface area contributed by atoms with E-state index in [0.29, 0.717) is 19.6 Å². The number of hydrogen-bond donors (Lipinski definition) is 0. The smallest absolute Gasteiger partial charge is 0.223 e. The summed E-state index contributed by atoms with van der Waals surface area (Å²) in [5.41, 5.74) is -0.123. The van der Waals surface area contributed by atoms with E-state index < -0.39 is 0 Å². The van der Waals surface area contributed by atoms with E-state index in [1.54, 1.807) is 6.92 Å². The Morgan fingerprint density at radius 2 is 2.17 bits per heavy atom. The van der Waals surface area contributed by atoms with E-state index >= 15 is 0 Å². The molecule has 0 N–H and O–H groups in total. The molecule has 1 unspecified atom stereocenters. The molecular formula is C13H23NO3S. The molecule has 1 amide bonds. The molecule has 4 nitrogen and oxygen atoms in total. The number of nitrogens with zero attached hydrogens (tertiary/aromatic N) is 1. The minimum atomic E-state index is -0.123. The van der Waals surface area contributed by atoms with Crippen LogP contribution in [-0.2, 0) is 14.3 Å². The van der Waals surface area contributed by atoms with Crippen LogP contribution in [0.25, 0.3) is 0 Å². The molecule has 0 aromatic heterocycles. The summed E-state index contributed by atoms with van der Waals surface area (Å²) < 4.78 is 5.62. The van der Waals surface area contributed by atoms with Crippen LogP contribution in [0.2, 0.25) is 0 Å². The summed E-state index contributed by atoms with van der Waals surface area (Å²) in [6.45, 7) is 9.70. The first-order chi connectivity index (χ1) is 8.28. The van der Waals surface area contributed by atoms with Gasteiger partial charge >= 0.3 is 0 Å². The first-order valence-corrected chi connectivity index (χ1v) is 7.25. The second-order valence-electron chi connectivity index (χ2n) is 5.59. The highest BCUT2D eigenvalue weighted by Crippen LogP contribution is 2.24. The van der Waals surface area contributed by atoms with Gasteiger partial charge in [-0.05, 0) is 27.2 Å². The second-order valence-corrected chi connectivity index (χ2v) is 7.07. The standard InChI is InChI=1S/C13H23NO3S/c1-10(15)18-11-8-12(16)14(9-11)6-5-7-17-13(2,3)4/h11H,5-9H2,1-4H3. The number of likely N-dealkylation sites (tertiary alicyclic amines) is 1. The summed E-state index contributed by atoms with van der Waals surface area (Å²) in [6.07, 6.45) is 1.34. The number of amides is 1. The molecule has 1 heterocycles.